The second-order valence-corrected chi connectivity index (χ2v) is 6.63. The summed E-state index contributed by atoms with van der Waals surface area (Å²) in [6.07, 6.45) is 2.48. The average Bonchev–Trinajstić information content (AvgIpc) is 2.65. The number of rotatable bonds is 7. The fourth-order valence-electron chi connectivity index (χ4n) is 2.29. The lowest BCUT2D eigenvalue weighted by Crippen LogP contribution is -2.42. The average molecular weight is 319 g/mol. The van der Waals surface area contributed by atoms with E-state index in [1.807, 2.05) is 0 Å². The van der Waals surface area contributed by atoms with Crippen LogP contribution in [0.5, 0.6) is 0 Å². The van der Waals surface area contributed by atoms with Gasteiger partial charge in [-0.2, -0.15) is 0 Å². The van der Waals surface area contributed by atoms with E-state index < -0.39 is 0 Å². The van der Waals surface area contributed by atoms with Crippen molar-refractivity contribution in [3.63, 3.8) is 0 Å². The van der Waals surface area contributed by atoms with Crippen molar-refractivity contribution >= 4 is 27.3 Å². The second kappa shape index (κ2) is 7.52. The molecule has 0 aliphatic carbocycles. The molecule has 1 aromatic heterocycles. The van der Waals surface area contributed by atoms with Crippen LogP contribution in [0.4, 0.5) is 0 Å². The molecule has 2 unspecified atom stereocenters. The highest BCUT2D eigenvalue weighted by Gasteiger charge is 2.20. The molecular formula is C13H23BrN2S. The molecule has 2 atom stereocenters. The molecule has 0 amide bonds. The predicted molar refractivity (Wildman–Crippen MR) is 80.4 cm³/mol. The third-order valence-electron chi connectivity index (χ3n) is 3.24. The molecule has 0 radical (unpaired) electrons. The Hall–Kier alpha value is 0.1000. The fourth-order valence-corrected chi connectivity index (χ4v) is 3.81. The fraction of sp³-hybridized carbons (Fsp3) is 0.692. The number of hydrogen-bond acceptors (Lipinski definition) is 3. The van der Waals surface area contributed by atoms with Crippen molar-refractivity contribution in [3.05, 3.63) is 20.8 Å². The molecule has 0 fully saturated rings. The van der Waals surface area contributed by atoms with Crippen molar-refractivity contribution in [3.8, 4) is 0 Å². The number of nitrogens with two attached hydrogens (primary N) is 1. The summed E-state index contributed by atoms with van der Waals surface area (Å²) in [5, 5.41) is 2.14. The normalized spacial score (nSPS) is 15.2. The van der Waals surface area contributed by atoms with E-state index in [-0.39, 0.29) is 0 Å². The van der Waals surface area contributed by atoms with Crippen LogP contribution in [0.1, 0.15) is 31.6 Å². The molecule has 1 heterocycles. The summed E-state index contributed by atoms with van der Waals surface area (Å²) < 4.78 is 1.18. The molecule has 17 heavy (non-hydrogen) atoms. The molecule has 1 rings (SSSR count). The van der Waals surface area contributed by atoms with Gasteiger partial charge in [-0.1, -0.05) is 20.3 Å². The maximum atomic E-state index is 5.92. The quantitative estimate of drug-likeness (QED) is 0.830. The zero-order chi connectivity index (χ0) is 12.8. The van der Waals surface area contributed by atoms with Crippen molar-refractivity contribution in [2.24, 2.45) is 11.7 Å². The van der Waals surface area contributed by atoms with Gasteiger partial charge in [-0.25, -0.2) is 0 Å². The Morgan fingerprint density at radius 1 is 1.53 bits per heavy atom. The van der Waals surface area contributed by atoms with Crippen LogP contribution >= 0.6 is 27.3 Å². The predicted octanol–water partition coefficient (Wildman–Crippen LogP) is 3.71. The van der Waals surface area contributed by atoms with Crippen LogP contribution in [0, 0.1) is 5.92 Å². The minimum Gasteiger partial charge on any atom is -0.329 e. The Bertz CT molecular complexity index is 327. The Morgan fingerprint density at radius 3 is 2.71 bits per heavy atom. The highest BCUT2D eigenvalue weighted by Crippen LogP contribution is 2.23. The van der Waals surface area contributed by atoms with Gasteiger partial charge < -0.3 is 5.73 Å². The molecule has 0 aromatic carbocycles. The van der Waals surface area contributed by atoms with Gasteiger partial charge >= 0.3 is 0 Å². The van der Waals surface area contributed by atoms with E-state index in [1.165, 1.54) is 22.2 Å². The van der Waals surface area contributed by atoms with E-state index in [9.17, 15) is 0 Å². The lowest BCUT2D eigenvalue weighted by atomic mass is 9.96. The summed E-state index contributed by atoms with van der Waals surface area (Å²) in [6.45, 7) is 6.28. The Balaban J connectivity index is 2.56. The minimum atomic E-state index is 0.482. The highest BCUT2D eigenvalue weighted by atomic mass is 79.9. The second-order valence-electron chi connectivity index (χ2n) is 4.72. The summed E-state index contributed by atoms with van der Waals surface area (Å²) >= 11 is 5.30. The first-order valence-corrected chi connectivity index (χ1v) is 7.89. The first kappa shape index (κ1) is 15.2. The number of thiophene rings is 1. The van der Waals surface area contributed by atoms with Crippen molar-refractivity contribution in [2.45, 2.75) is 39.3 Å². The van der Waals surface area contributed by atoms with Gasteiger partial charge in [0.25, 0.3) is 0 Å². The molecule has 2 N–H and O–H groups in total. The maximum Gasteiger partial charge on any atom is 0.0328 e. The van der Waals surface area contributed by atoms with Crippen molar-refractivity contribution in [1.29, 1.82) is 0 Å². The number of hydrogen-bond donors (Lipinski definition) is 1. The van der Waals surface area contributed by atoms with Gasteiger partial charge in [0.15, 0.2) is 0 Å². The smallest absolute Gasteiger partial charge is 0.0328 e. The van der Waals surface area contributed by atoms with Gasteiger partial charge in [0.05, 0.1) is 0 Å². The number of halogens is 1. The van der Waals surface area contributed by atoms with Crippen molar-refractivity contribution in [1.82, 2.24) is 4.90 Å². The van der Waals surface area contributed by atoms with E-state index in [1.54, 1.807) is 11.3 Å². The van der Waals surface area contributed by atoms with Gasteiger partial charge in [0.1, 0.15) is 0 Å². The van der Waals surface area contributed by atoms with Crippen LogP contribution in [0.25, 0.3) is 0 Å². The van der Waals surface area contributed by atoms with E-state index >= 15 is 0 Å². The molecule has 0 saturated heterocycles. The van der Waals surface area contributed by atoms with Gasteiger partial charge in [-0.3, -0.25) is 4.90 Å². The van der Waals surface area contributed by atoms with Crippen LogP contribution in [0.15, 0.2) is 15.9 Å². The van der Waals surface area contributed by atoms with Gasteiger partial charge in [0, 0.05) is 33.9 Å². The van der Waals surface area contributed by atoms with Gasteiger partial charge in [0.2, 0.25) is 0 Å². The molecule has 1 aromatic rings. The molecule has 0 saturated carbocycles. The maximum absolute atomic E-state index is 5.92. The number of likely N-dealkylation sites (N-methyl/N-ethyl adjacent to an activating group) is 1. The molecule has 98 valence electrons. The highest BCUT2D eigenvalue weighted by molar-refractivity contribution is 9.10. The lowest BCUT2D eigenvalue weighted by molar-refractivity contribution is 0.176. The molecular weight excluding hydrogens is 296 g/mol. The third-order valence-corrected chi connectivity index (χ3v) is 4.92. The van der Waals surface area contributed by atoms with E-state index in [2.05, 4.69) is 53.2 Å². The Morgan fingerprint density at radius 2 is 2.24 bits per heavy atom. The Kier molecular flexibility index (Phi) is 6.70. The van der Waals surface area contributed by atoms with Crippen molar-refractivity contribution in [2.75, 3.05) is 13.6 Å². The Labute approximate surface area is 117 Å². The van der Waals surface area contributed by atoms with E-state index in [0.29, 0.717) is 12.0 Å². The molecule has 0 spiro atoms. The molecule has 4 heteroatoms. The summed E-state index contributed by atoms with van der Waals surface area (Å²) in [5.41, 5.74) is 5.92. The van der Waals surface area contributed by atoms with Crippen molar-refractivity contribution < 1.29 is 0 Å². The third kappa shape index (κ3) is 4.70. The first-order valence-electron chi connectivity index (χ1n) is 6.21. The van der Waals surface area contributed by atoms with Crippen LogP contribution in [0.3, 0.4) is 0 Å². The van der Waals surface area contributed by atoms with Gasteiger partial charge in [-0.15, -0.1) is 11.3 Å². The summed E-state index contributed by atoms with van der Waals surface area (Å²) in [5.74, 6) is 0.665. The molecule has 2 nitrogen and oxygen atoms in total. The van der Waals surface area contributed by atoms with E-state index in [0.717, 1.165) is 13.1 Å². The largest absolute Gasteiger partial charge is 0.329 e. The zero-order valence-electron chi connectivity index (χ0n) is 10.9. The van der Waals surface area contributed by atoms with Crippen LogP contribution < -0.4 is 5.73 Å². The summed E-state index contributed by atoms with van der Waals surface area (Å²) in [4.78, 5) is 3.78. The topological polar surface area (TPSA) is 29.3 Å². The minimum absolute atomic E-state index is 0.482. The molecule has 0 bridgehead atoms. The van der Waals surface area contributed by atoms with E-state index in [4.69, 9.17) is 5.73 Å². The summed E-state index contributed by atoms with van der Waals surface area (Å²) in [7, 11) is 2.18. The zero-order valence-corrected chi connectivity index (χ0v) is 13.4. The van der Waals surface area contributed by atoms with Crippen LogP contribution in [-0.2, 0) is 6.54 Å². The molecule has 0 aliphatic heterocycles. The lowest BCUT2D eigenvalue weighted by Gasteiger charge is -2.31. The number of nitrogens with zero attached hydrogens (tertiary/aromatic N) is 1. The van der Waals surface area contributed by atoms with Crippen LogP contribution in [0.2, 0.25) is 0 Å². The van der Waals surface area contributed by atoms with Gasteiger partial charge in [-0.05, 0) is 41.4 Å². The standard InChI is InChI=1S/C13H23BrN2S/c1-4-5-10(2)13(7-15)16(3)8-12-6-11(14)9-17-12/h6,9-10,13H,4-5,7-8,15H2,1-3H3. The monoisotopic (exact) mass is 318 g/mol. The SMILES string of the molecule is CCCC(C)C(CN)N(C)Cc1cc(Br)cs1. The van der Waals surface area contributed by atoms with Crippen LogP contribution in [-0.4, -0.2) is 24.5 Å². The summed E-state index contributed by atoms with van der Waals surface area (Å²) in [6, 6.07) is 2.68. The first-order chi connectivity index (χ1) is 8.08. The molecule has 0 aliphatic rings.